The number of benzene rings is 2. The smallest absolute Gasteiger partial charge is 1.00 e. The second-order valence-electron chi connectivity index (χ2n) is 7.15. The number of pyridine rings is 1. The van der Waals surface area contributed by atoms with E-state index < -0.39 is 5.97 Å². The second kappa shape index (κ2) is 11.4. The van der Waals surface area contributed by atoms with Gasteiger partial charge in [0.2, 0.25) is 11.8 Å². The molecule has 7 nitrogen and oxygen atoms in total. The number of aryl methyl sites for hydroxylation is 1. The van der Waals surface area contributed by atoms with Crippen LogP contribution in [-0.2, 0) is 24.4 Å². The topological polar surface area (TPSA) is 94.7 Å². The van der Waals surface area contributed by atoms with Crippen LogP contribution < -0.4 is 28.3 Å². The molecule has 0 aliphatic heterocycles. The van der Waals surface area contributed by atoms with Gasteiger partial charge in [0, 0.05) is 17.3 Å². The first-order chi connectivity index (χ1) is 15.6. The van der Waals surface area contributed by atoms with Crippen LogP contribution in [0, 0.1) is 6.92 Å². The number of carboxylic acids is 1. The van der Waals surface area contributed by atoms with Gasteiger partial charge >= 0.3 is 24.8 Å². The van der Waals surface area contributed by atoms with E-state index in [1.807, 2.05) is 61.5 Å². The van der Waals surface area contributed by atoms with Crippen LogP contribution >= 0.6 is 0 Å². The number of oxazole rings is 1. The van der Waals surface area contributed by atoms with Crippen molar-refractivity contribution in [3.8, 4) is 23.1 Å². The van der Waals surface area contributed by atoms with E-state index in [9.17, 15) is 4.79 Å². The van der Waals surface area contributed by atoms with E-state index in [2.05, 4.69) is 9.97 Å². The quantitative estimate of drug-likeness (QED) is 0.399. The van der Waals surface area contributed by atoms with Crippen molar-refractivity contribution >= 4 is 5.97 Å². The van der Waals surface area contributed by atoms with Crippen LogP contribution in [0.25, 0.3) is 11.5 Å². The standard InChI is InChI=1S/C25H22N2O5.Li.H/c1-17-22(27-25(32-17)19-6-3-2-4-7-19)16-30-21-11-9-18(10-12-21)15-31-24-20(14-23(28)29)8-5-13-26-24;;/h2-13H,14-16H2,1H3,(H,28,29);;/q;+1;-1. The molecule has 0 aliphatic rings. The Labute approximate surface area is 205 Å². The van der Waals surface area contributed by atoms with Crippen molar-refractivity contribution in [2.24, 2.45) is 0 Å². The van der Waals surface area contributed by atoms with Crippen molar-refractivity contribution in [3.05, 3.63) is 95.5 Å². The number of hydrogen-bond donors (Lipinski definition) is 1. The van der Waals surface area contributed by atoms with Crippen LogP contribution in [0.4, 0.5) is 0 Å². The number of rotatable bonds is 9. The van der Waals surface area contributed by atoms with Gasteiger partial charge in [0.1, 0.15) is 30.4 Å². The number of ether oxygens (including phenoxy) is 2. The van der Waals surface area contributed by atoms with Gasteiger partial charge in [-0.15, -0.1) is 0 Å². The summed E-state index contributed by atoms with van der Waals surface area (Å²) in [7, 11) is 0. The predicted octanol–water partition coefficient (Wildman–Crippen LogP) is 1.95. The van der Waals surface area contributed by atoms with Crippen molar-refractivity contribution < 1.29 is 44.1 Å². The maximum Gasteiger partial charge on any atom is 1.00 e. The fourth-order valence-electron chi connectivity index (χ4n) is 3.10. The zero-order chi connectivity index (χ0) is 22.3. The summed E-state index contributed by atoms with van der Waals surface area (Å²) >= 11 is 0. The van der Waals surface area contributed by atoms with Gasteiger partial charge < -0.3 is 20.4 Å². The molecule has 0 saturated carbocycles. The summed E-state index contributed by atoms with van der Waals surface area (Å²) in [4.78, 5) is 19.7. The molecule has 2 aromatic carbocycles. The zero-order valence-electron chi connectivity index (χ0n) is 19.5. The van der Waals surface area contributed by atoms with Crippen molar-refractivity contribution in [2.75, 3.05) is 0 Å². The molecule has 0 radical (unpaired) electrons. The summed E-state index contributed by atoms with van der Waals surface area (Å²) in [6, 6.07) is 20.6. The molecule has 8 heteroatoms. The predicted molar refractivity (Wildman–Crippen MR) is 118 cm³/mol. The van der Waals surface area contributed by atoms with E-state index in [0.29, 0.717) is 29.7 Å². The summed E-state index contributed by atoms with van der Waals surface area (Å²) < 4.78 is 17.3. The van der Waals surface area contributed by atoms with Crippen LogP contribution in [0.2, 0.25) is 0 Å². The molecule has 2 heterocycles. The van der Waals surface area contributed by atoms with E-state index in [0.717, 1.165) is 22.6 Å². The summed E-state index contributed by atoms with van der Waals surface area (Å²) in [5.41, 5.74) is 3.12. The monoisotopic (exact) mass is 438 g/mol. The molecule has 2 aromatic heterocycles. The van der Waals surface area contributed by atoms with E-state index in [4.69, 9.17) is 19.0 Å². The fraction of sp³-hybridized carbons (Fsp3) is 0.160. The maximum atomic E-state index is 11.0. The van der Waals surface area contributed by atoms with Crippen LogP contribution in [0.15, 0.2) is 77.3 Å². The number of aliphatic carboxylic acids is 1. The molecule has 0 aliphatic carbocycles. The van der Waals surface area contributed by atoms with Gasteiger partial charge in [0.25, 0.3) is 0 Å². The Morgan fingerprint density at radius 3 is 2.48 bits per heavy atom. The molecule has 0 fully saturated rings. The van der Waals surface area contributed by atoms with Crippen LogP contribution in [0.3, 0.4) is 0 Å². The molecule has 1 N–H and O–H groups in total. The molecule has 0 atom stereocenters. The summed E-state index contributed by atoms with van der Waals surface area (Å²) in [6.07, 6.45) is 1.44. The zero-order valence-corrected chi connectivity index (χ0v) is 18.5. The number of carbonyl (C=O) groups is 1. The third-order valence-corrected chi connectivity index (χ3v) is 4.78. The number of hydrogen-bond acceptors (Lipinski definition) is 6. The Bertz CT molecular complexity index is 1200. The van der Waals surface area contributed by atoms with Gasteiger partial charge in [-0.05, 0) is 42.8 Å². The average Bonchev–Trinajstić information content (AvgIpc) is 3.18. The molecule has 164 valence electrons. The van der Waals surface area contributed by atoms with Crippen LogP contribution in [0.5, 0.6) is 11.6 Å². The molecule has 0 saturated heterocycles. The van der Waals surface area contributed by atoms with Gasteiger partial charge in [-0.25, -0.2) is 9.97 Å². The molecule has 4 aromatic rings. The first kappa shape index (κ1) is 24.1. The molecule has 33 heavy (non-hydrogen) atoms. The molecule has 0 unspecified atom stereocenters. The number of nitrogens with zero attached hydrogens (tertiary/aromatic N) is 2. The first-order valence-corrected chi connectivity index (χ1v) is 10.1. The second-order valence-corrected chi connectivity index (χ2v) is 7.15. The Balaban J connectivity index is 0.00000204. The number of aromatic nitrogens is 2. The van der Waals surface area contributed by atoms with Gasteiger partial charge in [-0.3, -0.25) is 4.79 Å². The average molecular weight is 438 g/mol. The summed E-state index contributed by atoms with van der Waals surface area (Å²) in [5, 5.41) is 9.01. The first-order valence-electron chi connectivity index (χ1n) is 10.1. The van der Waals surface area contributed by atoms with Gasteiger partial charge in [-0.2, -0.15) is 0 Å². The van der Waals surface area contributed by atoms with Crippen molar-refractivity contribution in [1.82, 2.24) is 9.97 Å². The minimum absolute atomic E-state index is 0. The summed E-state index contributed by atoms with van der Waals surface area (Å²) in [6.45, 7) is 2.44. The van der Waals surface area contributed by atoms with Gasteiger partial charge in [0.15, 0.2) is 0 Å². The van der Waals surface area contributed by atoms with E-state index in [1.165, 1.54) is 0 Å². The normalized spacial score (nSPS) is 10.3. The third-order valence-electron chi connectivity index (χ3n) is 4.78. The Hall–Kier alpha value is -3.53. The van der Waals surface area contributed by atoms with E-state index in [-0.39, 0.29) is 33.3 Å². The largest absolute Gasteiger partial charge is 1.00 e. The SMILES string of the molecule is Cc1oc(-c2ccccc2)nc1COc1ccc(COc2ncccc2CC(=O)O)cc1.[H-].[Li+]. The number of carboxylic acid groups (broad SMARTS) is 1. The third kappa shape index (κ3) is 6.48. The van der Waals surface area contributed by atoms with Crippen molar-refractivity contribution in [3.63, 3.8) is 0 Å². The Morgan fingerprint density at radius 1 is 1.00 bits per heavy atom. The minimum Gasteiger partial charge on any atom is -1.00 e. The van der Waals surface area contributed by atoms with Gasteiger partial charge in [0.05, 0.1) is 6.42 Å². The minimum atomic E-state index is -0.928. The maximum absolute atomic E-state index is 11.0. The molecular formula is C25H23LiN2O5. The fourth-order valence-corrected chi connectivity index (χ4v) is 3.10. The Morgan fingerprint density at radius 2 is 1.76 bits per heavy atom. The summed E-state index contributed by atoms with van der Waals surface area (Å²) in [5.74, 6) is 1.39. The Kier molecular flexibility index (Phi) is 8.31. The van der Waals surface area contributed by atoms with E-state index >= 15 is 0 Å². The van der Waals surface area contributed by atoms with Crippen molar-refractivity contribution in [1.29, 1.82) is 0 Å². The molecule has 4 rings (SSSR count). The van der Waals surface area contributed by atoms with E-state index in [1.54, 1.807) is 18.3 Å². The van der Waals surface area contributed by atoms with Gasteiger partial charge in [-0.1, -0.05) is 36.4 Å². The van der Waals surface area contributed by atoms with Crippen LogP contribution in [0.1, 0.15) is 24.0 Å². The molecule has 0 spiro atoms. The van der Waals surface area contributed by atoms with Crippen molar-refractivity contribution in [2.45, 2.75) is 26.6 Å². The molecular weight excluding hydrogens is 415 g/mol. The molecule has 0 amide bonds. The molecule has 0 bridgehead atoms. The van der Waals surface area contributed by atoms with Crippen LogP contribution in [-0.4, -0.2) is 21.0 Å².